The number of esters is 1. The number of nitrogens with one attached hydrogen (secondary N) is 1. The summed E-state index contributed by atoms with van der Waals surface area (Å²) in [6.45, 7) is 6.08. The van der Waals surface area contributed by atoms with E-state index in [1.54, 1.807) is 19.2 Å². The molecule has 1 saturated heterocycles. The van der Waals surface area contributed by atoms with Gasteiger partial charge in [-0.2, -0.15) is 0 Å². The minimum Gasteiger partial charge on any atom is -0.489 e. The molecule has 1 aliphatic rings. The van der Waals surface area contributed by atoms with Gasteiger partial charge >= 0.3 is 5.97 Å². The van der Waals surface area contributed by atoms with Crippen molar-refractivity contribution in [1.82, 2.24) is 10.2 Å². The monoisotopic (exact) mass is 365 g/mol. The summed E-state index contributed by atoms with van der Waals surface area (Å²) < 4.78 is 24.1. The van der Waals surface area contributed by atoms with Crippen molar-refractivity contribution >= 4 is 11.9 Å². The van der Waals surface area contributed by atoms with Crippen LogP contribution >= 0.6 is 0 Å². The SMILES string of the molecule is CCOC(=O)C1CCCN(C(=NC)NCC(C)Oc2cccc(F)c2)C1. The molecule has 0 amide bonds. The Hall–Kier alpha value is -2.31. The van der Waals surface area contributed by atoms with E-state index in [1.165, 1.54) is 12.1 Å². The number of nitrogens with zero attached hydrogens (tertiary/aromatic N) is 2. The van der Waals surface area contributed by atoms with Gasteiger partial charge in [-0.15, -0.1) is 0 Å². The van der Waals surface area contributed by atoms with Crippen molar-refractivity contribution < 1.29 is 18.7 Å². The van der Waals surface area contributed by atoms with Crippen molar-refractivity contribution in [2.75, 3.05) is 33.3 Å². The minimum absolute atomic E-state index is 0.122. The largest absolute Gasteiger partial charge is 0.489 e. The second-order valence-corrected chi connectivity index (χ2v) is 6.35. The summed E-state index contributed by atoms with van der Waals surface area (Å²) in [4.78, 5) is 18.4. The third-order valence-electron chi connectivity index (χ3n) is 4.23. The van der Waals surface area contributed by atoms with Crippen LogP contribution in [0.2, 0.25) is 0 Å². The van der Waals surface area contributed by atoms with E-state index in [1.807, 2.05) is 13.8 Å². The molecule has 1 heterocycles. The summed E-state index contributed by atoms with van der Waals surface area (Å²) in [7, 11) is 1.72. The van der Waals surface area contributed by atoms with Gasteiger partial charge < -0.3 is 19.7 Å². The maximum atomic E-state index is 13.2. The zero-order valence-corrected chi connectivity index (χ0v) is 15.7. The molecule has 6 nitrogen and oxygen atoms in total. The standard InChI is InChI=1S/C19H28FN3O3/c1-4-25-18(24)15-7-6-10-23(13-15)19(21-3)22-12-14(2)26-17-9-5-8-16(20)11-17/h5,8-9,11,14-15H,4,6-7,10,12-13H2,1-3H3,(H,21,22). The number of rotatable bonds is 6. The number of carbonyl (C=O) groups excluding carboxylic acids is 1. The van der Waals surface area contributed by atoms with Gasteiger partial charge in [0.15, 0.2) is 5.96 Å². The third-order valence-corrected chi connectivity index (χ3v) is 4.23. The molecule has 2 unspecified atom stereocenters. The fraction of sp³-hybridized carbons (Fsp3) is 0.579. The molecule has 0 aliphatic carbocycles. The predicted molar refractivity (Wildman–Crippen MR) is 98.8 cm³/mol. The molecular weight excluding hydrogens is 337 g/mol. The lowest BCUT2D eigenvalue weighted by Crippen LogP contribution is -2.49. The lowest BCUT2D eigenvalue weighted by atomic mass is 9.98. The second-order valence-electron chi connectivity index (χ2n) is 6.35. The maximum absolute atomic E-state index is 13.2. The number of halogens is 1. The zero-order valence-electron chi connectivity index (χ0n) is 15.7. The molecule has 2 atom stereocenters. The zero-order chi connectivity index (χ0) is 18.9. The van der Waals surface area contributed by atoms with Crippen LogP contribution in [0.3, 0.4) is 0 Å². The fourth-order valence-electron chi connectivity index (χ4n) is 3.00. The number of hydrogen-bond acceptors (Lipinski definition) is 4. The van der Waals surface area contributed by atoms with Crippen LogP contribution in [0.4, 0.5) is 4.39 Å². The Morgan fingerprint density at radius 3 is 3.00 bits per heavy atom. The first-order valence-corrected chi connectivity index (χ1v) is 9.08. The van der Waals surface area contributed by atoms with Crippen molar-refractivity contribution in [1.29, 1.82) is 0 Å². The van der Waals surface area contributed by atoms with Crippen molar-refractivity contribution in [3.8, 4) is 5.75 Å². The van der Waals surface area contributed by atoms with E-state index in [-0.39, 0.29) is 23.8 Å². The Labute approximate surface area is 154 Å². The molecule has 0 saturated carbocycles. The Kier molecular flexibility index (Phi) is 7.69. The number of aliphatic imine (C=N–C) groups is 1. The van der Waals surface area contributed by atoms with Gasteiger partial charge in [0.2, 0.25) is 0 Å². The average Bonchev–Trinajstić information content (AvgIpc) is 2.63. The summed E-state index contributed by atoms with van der Waals surface area (Å²) >= 11 is 0. The van der Waals surface area contributed by atoms with Gasteiger partial charge in [-0.1, -0.05) is 6.07 Å². The summed E-state index contributed by atoms with van der Waals surface area (Å²) in [5.41, 5.74) is 0. The van der Waals surface area contributed by atoms with Crippen LogP contribution in [0.25, 0.3) is 0 Å². The van der Waals surface area contributed by atoms with Crippen molar-refractivity contribution in [3.63, 3.8) is 0 Å². The topological polar surface area (TPSA) is 63.2 Å². The first-order valence-electron chi connectivity index (χ1n) is 9.08. The molecule has 0 radical (unpaired) electrons. The highest BCUT2D eigenvalue weighted by molar-refractivity contribution is 5.81. The number of guanidine groups is 1. The predicted octanol–water partition coefficient (Wildman–Crippen LogP) is 2.44. The van der Waals surface area contributed by atoms with E-state index < -0.39 is 0 Å². The summed E-state index contributed by atoms with van der Waals surface area (Å²) in [6.07, 6.45) is 1.59. The van der Waals surface area contributed by atoms with Crippen LogP contribution < -0.4 is 10.1 Å². The highest BCUT2D eigenvalue weighted by atomic mass is 19.1. The van der Waals surface area contributed by atoms with E-state index in [0.29, 0.717) is 25.4 Å². The number of likely N-dealkylation sites (tertiary alicyclic amines) is 1. The molecular formula is C19H28FN3O3. The van der Waals surface area contributed by atoms with Crippen LogP contribution in [-0.4, -0.2) is 56.2 Å². The van der Waals surface area contributed by atoms with E-state index in [0.717, 1.165) is 25.3 Å². The molecule has 1 aliphatic heterocycles. The van der Waals surface area contributed by atoms with Crippen molar-refractivity contribution in [3.05, 3.63) is 30.1 Å². The lowest BCUT2D eigenvalue weighted by Gasteiger charge is -2.34. The summed E-state index contributed by atoms with van der Waals surface area (Å²) in [5, 5.41) is 3.27. The quantitative estimate of drug-likeness (QED) is 0.477. The maximum Gasteiger partial charge on any atom is 0.310 e. The molecule has 0 spiro atoms. The second kappa shape index (κ2) is 9.99. The van der Waals surface area contributed by atoms with Crippen LogP contribution in [0.5, 0.6) is 5.75 Å². The smallest absolute Gasteiger partial charge is 0.310 e. The Morgan fingerprint density at radius 1 is 1.50 bits per heavy atom. The first-order chi connectivity index (χ1) is 12.5. The van der Waals surface area contributed by atoms with E-state index in [2.05, 4.69) is 15.2 Å². The molecule has 0 bridgehead atoms. The van der Waals surface area contributed by atoms with Gasteiger partial charge in [0.25, 0.3) is 0 Å². The molecule has 1 aromatic carbocycles. The average molecular weight is 365 g/mol. The molecule has 2 rings (SSSR count). The van der Waals surface area contributed by atoms with E-state index in [9.17, 15) is 9.18 Å². The number of hydrogen-bond donors (Lipinski definition) is 1. The van der Waals surface area contributed by atoms with Crippen LogP contribution in [-0.2, 0) is 9.53 Å². The minimum atomic E-state index is -0.322. The first kappa shape index (κ1) is 20.0. The van der Waals surface area contributed by atoms with Crippen LogP contribution in [0.1, 0.15) is 26.7 Å². The van der Waals surface area contributed by atoms with Gasteiger partial charge in [-0.05, 0) is 38.8 Å². The number of piperidine rings is 1. The van der Waals surface area contributed by atoms with Gasteiger partial charge in [0.1, 0.15) is 17.7 Å². The Bertz CT molecular complexity index is 624. The van der Waals surface area contributed by atoms with E-state index in [4.69, 9.17) is 9.47 Å². The van der Waals surface area contributed by atoms with E-state index >= 15 is 0 Å². The molecule has 1 fully saturated rings. The third kappa shape index (κ3) is 5.89. The van der Waals surface area contributed by atoms with Crippen LogP contribution in [0.15, 0.2) is 29.3 Å². The van der Waals surface area contributed by atoms with Gasteiger partial charge in [0.05, 0.1) is 19.1 Å². The molecule has 7 heteroatoms. The van der Waals surface area contributed by atoms with Gasteiger partial charge in [-0.3, -0.25) is 9.79 Å². The fourth-order valence-corrected chi connectivity index (χ4v) is 3.00. The number of ether oxygens (including phenoxy) is 2. The van der Waals surface area contributed by atoms with Gasteiger partial charge in [0, 0.05) is 26.2 Å². The molecule has 1 aromatic rings. The van der Waals surface area contributed by atoms with Crippen LogP contribution in [0, 0.1) is 11.7 Å². The molecule has 26 heavy (non-hydrogen) atoms. The number of benzene rings is 1. The summed E-state index contributed by atoms with van der Waals surface area (Å²) in [6, 6.07) is 6.09. The molecule has 144 valence electrons. The number of carbonyl (C=O) groups is 1. The summed E-state index contributed by atoms with van der Waals surface area (Å²) in [5.74, 6) is 0.638. The molecule has 1 N–H and O–H groups in total. The highest BCUT2D eigenvalue weighted by Gasteiger charge is 2.28. The Balaban J connectivity index is 1.85. The van der Waals surface area contributed by atoms with Crippen molar-refractivity contribution in [2.24, 2.45) is 10.9 Å². The highest BCUT2D eigenvalue weighted by Crippen LogP contribution is 2.18. The molecule has 0 aromatic heterocycles. The lowest BCUT2D eigenvalue weighted by molar-refractivity contribution is -0.149. The van der Waals surface area contributed by atoms with Crippen molar-refractivity contribution in [2.45, 2.75) is 32.8 Å². The normalized spacial score (nSPS) is 19.0. The Morgan fingerprint density at radius 2 is 2.31 bits per heavy atom. The van der Waals surface area contributed by atoms with Gasteiger partial charge in [-0.25, -0.2) is 4.39 Å².